The number of rotatable bonds is 3. The second kappa shape index (κ2) is 13.7. The van der Waals surface area contributed by atoms with Gasteiger partial charge in [-0.2, -0.15) is 0 Å². The maximum atomic E-state index is 9.47. The van der Waals surface area contributed by atoms with E-state index in [0.29, 0.717) is 0 Å². The first-order valence-electron chi connectivity index (χ1n) is 4.18. The van der Waals surface area contributed by atoms with Crippen molar-refractivity contribution in [3.63, 3.8) is 0 Å². The number of amides is 1. The Morgan fingerprint density at radius 1 is 1.11 bits per heavy atom. The standard InChI is InChI=1S/C3H5NO.2C2H6O3S.Ca/c1-2-3(4)5;2*1-2-6(3,4)5;/h2H,1H2,(H2,4,5);2*2H2,1H3,(H,3,4,5);/q;;;+2/p-2. The van der Waals surface area contributed by atoms with Crippen molar-refractivity contribution in [1.29, 1.82) is 0 Å². The summed E-state index contributed by atoms with van der Waals surface area (Å²) in [7, 11) is -7.82. The molecular formula is C7H15CaNO7S2. The zero-order valence-electron chi connectivity index (χ0n) is 10.2. The average Bonchev–Trinajstić information content (AvgIpc) is 2.17. The maximum absolute atomic E-state index is 9.47. The van der Waals surface area contributed by atoms with Crippen molar-refractivity contribution in [2.24, 2.45) is 5.73 Å². The molecule has 0 fully saturated rings. The fraction of sp³-hybridized carbons (Fsp3) is 0.571. The molecule has 11 heteroatoms. The van der Waals surface area contributed by atoms with E-state index in [2.05, 4.69) is 12.3 Å². The van der Waals surface area contributed by atoms with Gasteiger partial charge in [-0.15, -0.1) is 0 Å². The van der Waals surface area contributed by atoms with Gasteiger partial charge in [0.25, 0.3) is 0 Å². The Hall–Kier alpha value is 0.290. The van der Waals surface area contributed by atoms with E-state index in [9.17, 15) is 30.7 Å². The van der Waals surface area contributed by atoms with Crippen molar-refractivity contribution in [3.05, 3.63) is 12.7 Å². The van der Waals surface area contributed by atoms with Gasteiger partial charge >= 0.3 is 37.7 Å². The number of carbonyl (C=O) groups is 1. The molecule has 0 rings (SSSR count). The largest absolute Gasteiger partial charge is 2.00 e. The molecule has 0 unspecified atom stereocenters. The van der Waals surface area contributed by atoms with E-state index in [-0.39, 0.29) is 49.2 Å². The Morgan fingerprint density at radius 2 is 1.22 bits per heavy atom. The molecule has 0 aromatic carbocycles. The summed E-state index contributed by atoms with van der Waals surface area (Å²) in [6.45, 7) is 5.70. The minimum absolute atomic E-state index is 0. The van der Waals surface area contributed by atoms with Crippen LogP contribution >= 0.6 is 0 Å². The van der Waals surface area contributed by atoms with Crippen LogP contribution in [0.1, 0.15) is 13.8 Å². The van der Waals surface area contributed by atoms with Crippen LogP contribution in [0.5, 0.6) is 0 Å². The fourth-order valence-electron chi connectivity index (χ4n) is 0. The molecule has 0 aliphatic heterocycles. The molecular weight excluding hydrogens is 314 g/mol. The minimum atomic E-state index is -3.91. The average molecular weight is 329 g/mol. The second-order valence-electron chi connectivity index (χ2n) is 2.30. The van der Waals surface area contributed by atoms with Crippen molar-refractivity contribution >= 4 is 63.9 Å². The van der Waals surface area contributed by atoms with E-state index in [0.717, 1.165) is 6.08 Å². The third kappa shape index (κ3) is 55.4. The number of nitrogens with two attached hydrogens (primary N) is 1. The van der Waals surface area contributed by atoms with E-state index in [1.807, 2.05) is 0 Å². The molecule has 18 heavy (non-hydrogen) atoms. The predicted octanol–water partition coefficient (Wildman–Crippen LogP) is -1.62. The van der Waals surface area contributed by atoms with Crippen molar-refractivity contribution in [3.8, 4) is 0 Å². The molecule has 0 aromatic rings. The first-order chi connectivity index (χ1) is 7.39. The topological polar surface area (TPSA) is 157 Å². The molecule has 0 saturated carbocycles. The Bertz CT molecular complexity index is 383. The first-order valence-corrected chi connectivity index (χ1v) is 7.34. The van der Waals surface area contributed by atoms with Gasteiger partial charge in [0.05, 0.1) is 20.2 Å². The molecule has 1 amide bonds. The van der Waals surface area contributed by atoms with Crippen molar-refractivity contribution in [2.45, 2.75) is 13.8 Å². The van der Waals surface area contributed by atoms with Crippen LogP contribution < -0.4 is 5.73 Å². The van der Waals surface area contributed by atoms with E-state index in [4.69, 9.17) is 0 Å². The van der Waals surface area contributed by atoms with Gasteiger partial charge < -0.3 is 14.8 Å². The molecule has 0 atom stereocenters. The summed E-state index contributed by atoms with van der Waals surface area (Å²) < 4.78 is 56.7. The maximum Gasteiger partial charge on any atom is 2.00 e. The van der Waals surface area contributed by atoms with E-state index >= 15 is 0 Å². The van der Waals surface area contributed by atoms with Gasteiger partial charge in [0.15, 0.2) is 0 Å². The van der Waals surface area contributed by atoms with Gasteiger partial charge in [-0.05, 0) is 6.08 Å². The summed E-state index contributed by atoms with van der Waals surface area (Å²) in [5.41, 5.74) is 4.53. The summed E-state index contributed by atoms with van der Waals surface area (Å²) in [4.78, 5) is 9.47. The van der Waals surface area contributed by atoms with Crippen LogP contribution in [0.2, 0.25) is 0 Å². The Kier molecular flexibility index (Phi) is 20.4. The van der Waals surface area contributed by atoms with Crippen molar-refractivity contribution < 1.29 is 30.7 Å². The number of primary amides is 1. The first kappa shape index (κ1) is 26.8. The van der Waals surface area contributed by atoms with Gasteiger partial charge in [0.1, 0.15) is 0 Å². The van der Waals surface area contributed by atoms with Crippen molar-refractivity contribution in [1.82, 2.24) is 0 Å². The minimum Gasteiger partial charge on any atom is -0.748 e. The zero-order chi connectivity index (χ0) is 14.7. The smallest absolute Gasteiger partial charge is 0.748 e. The van der Waals surface area contributed by atoms with Crippen LogP contribution in [-0.2, 0) is 25.0 Å². The molecule has 0 aliphatic carbocycles. The number of carbonyl (C=O) groups excluding carboxylic acids is 1. The molecule has 0 radical (unpaired) electrons. The van der Waals surface area contributed by atoms with Crippen LogP contribution in [0.25, 0.3) is 0 Å². The number of hydrogen-bond acceptors (Lipinski definition) is 7. The number of hydrogen-bond donors (Lipinski definition) is 1. The van der Waals surface area contributed by atoms with Crippen molar-refractivity contribution in [2.75, 3.05) is 11.5 Å². The van der Waals surface area contributed by atoms with Crippen LogP contribution in [0.15, 0.2) is 12.7 Å². The monoisotopic (exact) mass is 329 g/mol. The van der Waals surface area contributed by atoms with E-state index in [1.165, 1.54) is 13.8 Å². The second-order valence-corrected chi connectivity index (χ2v) is 5.68. The Labute approximate surface area is 137 Å². The van der Waals surface area contributed by atoms with Crippen LogP contribution in [0, 0.1) is 0 Å². The summed E-state index contributed by atoms with van der Waals surface area (Å²) in [6.07, 6.45) is 1.06. The zero-order valence-corrected chi connectivity index (χ0v) is 14.0. The van der Waals surface area contributed by atoms with Crippen LogP contribution in [0.3, 0.4) is 0 Å². The normalized spacial score (nSPS) is 9.56. The van der Waals surface area contributed by atoms with Gasteiger partial charge in [-0.1, -0.05) is 20.4 Å². The summed E-state index contributed by atoms with van der Waals surface area (Å²) in [5, 5.41) is 0. The van der Waals surface area contributed by atoms with E-state index in [1.54, 1.807) is 0 Å². The molecule has 0 aromatic heterocycles. The molecule has 0 spiro atoms. The summed E-state index contributed by atoms with van der Waals surface area (Å²) >= 11 is 0. The summed E-state index contributed by atoms with van der Waals surface area (Å²) in [6, 6.07) is 0. The van der Waals surface area contributed by atoms with Gasteiger partial charge in [0, 0.05) is 11.5 Å². The summed E-state index contributed by atoms with van der Waals surface area (Å²) in [5.74, 6) is -1.11. The molecule has 0 saturated heterocycles. The molecule has 8 nitrogen and oxygen atoms in total. The third-order valence-electron chi connectivity index (χ3n) is 0.908. The third-order valence-corrected chi connectivity index (χ3v) is 2.32. The molecule has 0 bridgehead atoms. The SMILES string of the molecule is C=CC(N)=O.CCS(=O)(=O)[O-].CCS(=O)(=O)[O-].[Ca+2]. The molecule has 104 valence electrons. The molecule has 2 N–H and O–H groups in total. The van der Waals surface area contributed by atoms with E-state index < -0.39 is 26.1 Å². The van der Waals surface area contributed by atoms with Gasteiger partial charge in [-0.3, -0.25) is 4.79 Å². The van der Waals surface area contributed by atoms with Crippen LogP contribution in [0.4, 0.5) is 0 Å². The quantitative estimate of drug-likeness (QED) is 0.370. The fourth-order valence-corrected chi connectivity index (χ4v) is 0. The Morgan fingerprint density at radius 3 is 1.22 bits per heavy atom. The Balaban J connectivity index is -0.0000000799. The predicted molar refractivity (Wildman–Crippen MR) is 65.6 cm³/mol. The van der Waals surface area contributed by atoms with Crippen LogP contribution in [-0.4, -0.2) is 81.1 Å². The van der Waals surface area contributed by atoms with Gasteiger partial charge in [-0.25, -0.2) is 16.8 Å². The van der Waals surface area contributed by atoms with Gasteiger partial charge in [0.2, 0.25) is 5.91 Å². The molecule has 0 aliphatic rings. The molecule has 0 heterocycles.